The van der Waals surface area contributed by atoms with Crippen LogP contribution >= 0.6 is 11.3 Å². The van der Waals surface area contributed by atoms with E-state index in [9.17, 15) is 0 Å². The lowest BCUT2D eigenvalue weighted by Gasteiger charge is -2.12. The molecule has 0 aliphatic heterocycles. The van der Waals surface area contributed by atoms with Crippen LogP contribution in [0.3, 0.4) is 0 Å². The number of aromatic nitrogens is 3. The Labute approximate surface area is 235 Å². The Balaban J connectivity index is 1.25. The summed E-state index contributed by atoms with van der Waals surface area (Å²) >= 11 is 1.86. The molecule has 4 heteroatoms. The molecule has 0 radical (unpaired) electrons. The Hall–Kier alpha value is -5.06. The molecule has 40 heavy (non-hydrogen) atoms. The third-order valence-corrected chi connectivity index (χ3v) is 8.76. The van der Waals surface area contributed by atoms with Crippen molar-refractivity contribution in [1.29, 1.82) is 0 Å². The van der Waals surface area contributed by atoms with Crippen molar-refractivity contribution in [3.8, 4) is 39.6 Å². The van der Waals surface area contributed by atoms with Gasteiger partial charge in [-0.1, -0.05) is 115 Å². The third kappa shape index (κ3) is 3.73. The maximum Gasteiger partial charge on any atom is 0.168 e. The molecule has 0 fully saturated rings. The summed E-state index contributed by atoms with van der Waals surface area (Å²) in [5.41, 5.74) is 5.54. The van der Waals surface area contributed by atoms with Crippen LogP contribution in [-0.4, -0.2) is 14.8 Å². The van der Waals surface area contributed by atoms with Gasteiger partial charge in [-0.15, -0.1) is 21.5 Å². The first kappa shape index (κ1) is 22.9. The summed E-state index contributed by atoms with van der Waals surface area (Å²) in [6.07, 6.45) is 0. The minimum absolute atomic E-state index is 0.820. The van der Waals surface area contributed by atoms with E-state index in [1.165, 1.54) is 42.1 Å². The molecule has 0 unspecified atom stereocenters. The zero-order valence-electron chi connectivity index (χ0n) is 21.5. The lowest BCUT2D eigenvalue weighted by atomic mass is 10.0. The molecule has 0 spiro atoms. The van der Waals surface area contributed by atoms with E-state index < -0.39 is 0 Å². The molecule has 0 amide bonds. The van der Waals surface area contributed by atoms with Crippen molar-refractivity contribution in [2.45, 2.75) is 0 Å². The SMILES string of the molecule is c1ccc(-n2c(-c3ccc(-c4cccc5c4sc4ccccc45)cc3)nnc2-c2ccc3ccccc3c2)cc1. The summed E-state index contributed by atoms with van der Waals surface area (Å²) < 4.78 is 4.80. The van der Waals surface area contributed by atoms with E-state index in [4.69, 9.17) is 10.2 Å². The van der Waals surface area contributed by atoms with Crippen LogP contribution in [0.1, 0.15) is 0 Å². The van der Waals surface area contributed by atoms with Crippen LogP contribution in [-0.2, 0) is 0 Å². The topological polar surface area (TPSA) is 30.7 Å². The molecule has 8 rings (SSSR count). The zero-order valence-corrected chi connectivity index (χ0v) is 22.3. The molecule has 188 valence electrons. The highest BCUT2D eigenvalue weighted by molar-refractivity contribution is 7.26. The number of para-hydroxylation sites is 1. The minimum atomic E-state index is 0.820. The fourth-order valence-electron chi connectivity index (χ4n) is 5.58. The molecule has 2 aromatic heterocycles. The monoisotopic (exact) mass is 529 g/mol. The number of rotatable bonds is 4. The van der Waals surface area contributed by atoms with Crippen LogP contribution in [0.15, 0.2) is 140 Å². The second kappa shape index (κ2) is 9.30. The first-order valence-corrected chi connectivity index (χ1v) is 14.2. The van der Waals surface area contributed by atoms with Crippen LogP contribution in [0.2, 0.25) is 0 Å². The van der Waals surface area contributed by atoms with Crippen molar-refractivity contribution < 1.29 is 0 Å². The Morgan fingerprint density at radius 2 is 1.12 bits per heavy atom. The predicted molar refractivity (Wildman–Crippen MR) is 168 cm³/mol. The van der Waals surface area contributed by atoms with Crippen molar-refractivity contribution in [2.75, 3.05) is 0 Å². The smallest absolute Gasteiger partial charge is 0.168 e. The van der Waals surface area contributed by atoms with Gasteiger partial charge in [-0.2, -0.15) is 0 Å². The zero-order chi connectivity index (χ0) is 26.5. The average molecular weight is 530 g/mol. The maximum absolute atomic E-state index is 4.72. The van der Waals surface area contributed by atoms with Gasteiger partial charge in [0.15, 0.2) is 11.6 Å². The number of benzene rings is 6. The number of thiophene rings is 1. The fourth-order valence-corrected chi connectivity index (χ4v) is 6.82. The summed E-state index contributed by atoms with van der Waals surface area (Å²) in [4.78, 5) is 0. The summed E-state index contributed by atoms with van der Waals surface area (Å²) in [5.74, 6) is 1.65. The molecule has 3 nitrogen and oxygen atoms in total. The molecule has 0 saturated heterocycles. The molecule has 0 aliphatic rings. The number of nitrogens with zero attached hydrogens (tertiary/aromatic N) is 3. The van der Waals surface area contributed by atoms with Gasteiger partial charge in [-0.05, 0) is 46.2 Å². The van der Waals surface area contributed by atoms with Crippen LogP contribution in [0.5, 0.6) is 0 Å². The van der Waals surface area contributed by atoms with Gasteiger partial charge < -0.3 is 0 Å². The molecular formula is C36H23N3S. The largest absolute Gasteiger partial charge is 0.275 e. The molecule has 2 heterocycles. The van der Waals surface area contributed by atoms with E-state index in [0.29, 0.717) is 0 Å². The van der Waals surface area contributed by atoms with Gasteiger partial charge in [0.25, 0.3) is 0 Å². The number of fused-ring (bicyclic) bond motifs is 4. The van der Waals surface area contributed by atoms with Crippen LogP contribution in [0.4, 0.5) is 0 Å². The van der Waals surface area contributed by atoms with Gasteiger partial charge in [0, 0.05) is 37.0 Å². The van der Waals surface area contributed by atoms with Crippen molar-refractivity contribution in [2.24, 2.45) is 0 Å². The van der Waals surface area contributed by atoms with E-state index in [1.807, 2.05) is 17.4 Å². The summed E-state index contributed by atoms with van der Waals surface area (Å²) in [6.45, 7) is 0. The second-order valence-electron chi connectivity index (χ2n) is 9.94. The van der Waals surface area contributed by atoms with E-state index >= 15 is 0 Å². The quantitative estimate of drug-likeness (QED) is 0.227. The van der Waals surface area contributed by atoms with Gasteiger partial charge in [-0.3, -0.25) is 4.57 Å². The van der Waals surface area contributed by atoms with Crippen molar-refractivity contribution >= 4 is 42.3 Å². The number of hydrogen-bond donors (Lipinski definition) is 0. The normalized spacial score (nSPS) is 11.5. The van der Waals surface area contributed by atoms with E-state index in [-0.39, 0.29) is 0 Å². The van der Waals surface area contributed by atoms with Crippen LogP contribution in [0, 0.1) is 0 Å². The van der Waals surface area contributed by atoms with Gasteiger partial charge in [0.1, 0.15) is 0 Å². The standard InChI is InChI=1S/C36H23N3S/c1-2-11-29(12-3-1)39-35(37-38-36(39)28-22-17-24-9-4-5-10-27(24)23-28)26-20-18-25(19-21-26)30-14-8-15-32-31-13-6-7-16-33(31)40-34(30)32/h1-23H. The molecule has 0 atom stereocenters. The van der Waals surface area contributed by atoms with Crippen LogP contribution < -0.4 is 0 Å². The molecule has 0 saturated carbocycles. The van der Waals surface area contributed by atoms with Crippen molar-refractivity contribution in [3.63, 3.8) is 0 Å². The molecular weight excluding hydrogens is 506 g/mol. The summed E-state index contributed by atoms with van der Waals surface area (Å²) in [6, 6.07) is 49.2. The Morgan fingerprint density at radius 3 is 1.98 bits per heavy atom. The predicted octanol–water partition coefficient (Wildman–Crippen LogP) is 9.79. The average Bonchev–Trinajstić information content (AvgIpc) is 3.64. The molecule has 0 aliphatic carbocycles. The Bertz CT molecular complexity index is 2160. The van der Waals surface area contributed by atoms with E-state index in [1.54, 1.807) is 0 Å². The lowest BCUT2D eigenvalue weighted by Crippen LogP contribution is -2.00. The summed E-state index contributed by atoms with van der Waals surface area (Å²) in [5, 5.41) is 14.4. The minimum Gasteiger partial charge on any atom is -0.275 e. The van der Waals surface area contributed by atoms with Crippen LogP contribution in [0.25, 0.3) is 70.5 Å². The van der Waals surface area contributed by atoms with E-state index in [0.717, 1.165) is 28.5 Å². The van der Waals surface area contributed by atoms with Crippen molar-refractivity contribution in [3.05, 3.63) is 140 Å². The second-order valence-corrected chi connectivity index (χ2v) is 11.0. The van der Waals surface area contributed by atoms with Gasteiger partial charge in [0.05, 0.1) is 0 Å². The highest BCUT2D eigenvalue weighted by atomic mass is 32.1. The summed E-state index contributed by atoms with van der Waals surface area (Å²) in [7, 11) is 0. The first-order chi connectivity index (χ1) is 19.8. The fraction of sp³-hybridized carbons (Fsp3) is 0. The third-order valence-electron chi connectivity index (χ3n) is 7.54. The maximum atomic E-state index is 4.72. The van der Waals surface area contributed by atoms with Gasteiger partial charge >= 0.3 is 0 Å². The number of hydrogen-bond acceptors (Lipinski definition) is 3. The highest BCUT2D eigenvalue weighted by Gasteiger charge is 2.18. The van der Waals surface area contributed by atoms with E-state index in [2.05, 4.69) is 138 Å². The Kier molecular flexibility index (Phi) is 5.32. The Morgan fingerprint density at radius 1 is 0.475 bits per heavy atom. The van der Waals surface area contributed by atoms with Gasteiger partial charge in [-0.25, -0.2) is 0 Å². The van der Waals surface area contributed by atoms with Gasteiger partial charge in [0.2, 0.25) is 0 Å². The molecule has 0 bridgehead atoms. The van der Waals surface area contributed by atoms with Crippen molar-refractivity contribution in [1.82, 2.24) is 14.8 Å². The first-order valence-electron chi connectivity index (χ1n) is 13.3. The molecule has 0 N–H and O–H groups in total. The highest BCUT2D eigenvalue weighted by Crippen LogP contribution is 2.40. The molecule has 8 aromatic rings. The molecule has 6 aromatic carbocycles. The lowest BCUT2D eigenvalue weighted by molar-refractivity contribution is 1.07.